The number of halogens is 2. The lowest BCUT2D eigenvalue weighted by Crippen LogP contribution is -2.49. The van der Waals surface area contributed by atoms with Crippen molar-refractivity contribution in [3.8, 4) is 0 Å². The van der Waals surface area contributed by atoms with Crippen molar-refractivity contribution in [3.63, 3.8) is 0 Å². The number of hydrogen-bond donors (Lipinski definition) is 1. The molecule has 0 saturated carbocycles. The van der Waals surface area contributed by atoms with Crippen LogP contribution in [0.2, 0.25) is 10.0 Å². The second kappa shape index (κ2) is 10.3. The second-order valence-electron chi connectivity index (χ2n) is 6.27. The van der Waals surface area contributed by atoms with Crippen LogP contribution in [0.4, 0.5) is 0 Å². The summed E-state index contributed by atoms with van der Waals surface area (Å²) >= 11 is 12.0. The molecule has 0 aliphatic rings. The molecular weight excluding hydrogens is 383 g/mol. The molecule has 2 aromatic rings. The zero-order chi connectivity index (χ0) is 19.8. The van der Waals surface area contributed by atoms with Gasteiger partial charge in [-0.25, -0.2) is 0 Å². The van der Waals surface area contributed by atoms with Crippen LogP contribution in [0.15, 0.2) is 48.5 Å². The van der Waals surface area contributed by atoms with E-state index in [1.807, 2.05) is 38.1 Å². The fraction of sp³-hybridized carbons (Fsp3) is 0.333. The SMILES string of the molecule is CCNC(=O)C(CC)N(Cc1ccc(Cl)cc1)C(=O)Cc1cccc(Cl)c1. The van der Waals surface area contributed by atoms with Gasteiger partial charge in [0.25, 0.3) is 0 Å². The molecule has 27 heavy (non-hydrogen) atoms. The Morgan fingerprint density at radius 1 is 1.00 bits per heavy atom. The van der Waals surface area contributed by atoms with E-state index >= 15 is 0 Å². The Labute approximate surface area is 170 Å². The van der Waals surface area contributed by atoms with Crippen molar-refractivity contribution >= 4 is 35.0 Å². The number of nitrogens with zero attached hydrogens (tertiary/aromatic N) is 1. The second-order valence-corrected chi connectivity index (χ2v) is 7.15. The molecule has 2 amide bonds. The summed E-state index contributed by atoms with van der Waals surface area (Å²) < 4.78 is 0. The summed E-state index contributed by atoms with van der Waals surface area (Å²) in [4.78, 5) is 27.2. The van der Waals surface area contributed by atoms with Gasteiger partial charge in [0.1, 0.15) is 6.04 Å². The van der Waals surface area contributed by atoms with Crippen LogP contribution in [0.1, 0.15) is 31.4 Å². The minimum absolute atomic E-state index is 0.120. The maximum Gasteiger partial charge on any atom is 0.242 e. The van der Waals surface area contributed by atoms with Crippen LogP contribution in [-0.2, 0) is 22.6 Å². The van der Waals surface area contributed by atoms with Gasteiger partial charge in [-0.2, -0.15) is 0 Å². The molecule has 6 heteroatoms. The average molecular weight is 407 g/mol. The highest BCUT2D eigenvalue weighted by atomic mass is 35.5. The lowest BCUT2D eigenvalue weighted by molar-refractivity contribution is -0.140. The topological polar surface area (TPSA) is 49.4 Å². The van der Waals surface area contributed by atoms with Crippen LogP contribution in [-0.4, -0.2) is 29.3 Å². The Hall–Kier alpha value is -2.04. The summed E-state index contributed by atoms with van der Waals surface area (Å²) in [5, 5.41) is 4.04. The molecule has 2 aromatic carbocycles. The van der Waals surface area contributed by atoms with Gasteiger partial charge in [-0.05, 0) is 48.7 Å². The van der Waals surface area contributed by atoms with Crippen molar-refractivity contribution in [1.29, 1.82) is 0 Å². The molecule has 1 N–H and O–H groups in total. The summed E-state index contributed by atoms with van der Waals surface area (Å²) in [6.45, 7) is 4.63. The van der Waals surface area contributed by atoms with Gasteiger partial charge in [0, 0.05) is 23.1 Å². The first-order valence-corrected chi connectivity index (χ1v) is 9.76. The van der Waals surface area contributed by atoms with Crippen molar-refractivity contribution in [3.05, 3.63) is 69.7 Å². The largest absolute Gasteiger partial charge is 0.355 e. The molecule has 0 saturated heterocycles. The highest BCUT2D eigenvalue weighted by Gasteiger charge is 2.28. The summed E-state index contributed by atoms with van der Waals surface area (Å²) in [6, 6.07) is 14.0. The van der Waals surface area contributed by atoms with E-state index in [0.717, 1.165) is 11.1 Å². The van der Waals surface area contributed by atoms with Crippen LogP contribution in [0.25, 0.3) is 0 Å². The summed E-state index contributed by atoms with van der Waals surface area (Å²) in [7, 11) is 0. The number of benzene rings is 2. The van der Waals surface area contributed by atoms with Crippen molar-refractivity contribution < 1.29 is 9.59 Å². The molecule has 2 rings (SSSR count). The van der Waals surface area contributed by atoms with Gasteiger partial charge in [0.2, 0.25) is 11.8 Å². The molecule has 1 unspecified atom stereocenters. The first kappa shape index (κ1) is 21.3. The number of nitrogens with one attached hydrogen (secondary N) is 1. The molecule has 0 aromatic heterocycles. The lowest BCUT2D eigenvalue weighted by Gasteiger charge is -2.30. The third kappa shape index (κ3) is 6.26. The van der Waals surface area contributed by atoms with E-state index in [1.165, 1.54) is 0 Å². The Morgan fingerprint density at radius 3 is 2.30 bits per heavy atom. The Balaban J connectivity index is 2.27. The summed E-state index contributed by atoms with van der Waals surface area (Å²) in [5.41, 5.74) is 1.74. The quantitative estimate of drug-likeness (QED) is 0.702. The summed E-state index contributed by atoms with van der Waals surface area (Å²) in [6.07, 6.45) is 0.713. The fourth-order valence-electron chi connectivity index (χ4n) is 2.92. The molecule has 0 radical (unpaired) electrons. The Kier molecular flexibility index (Phi) is 8.14. The van der Waals surface area contributed by atoms with Crippen LogP contribution < -0.4 is 5.32 Å². The zero-order valence-corrected chi connectivity index (χ0v) is 17.1. The highest BCUT2D eigenvalue weighted by molar-refractivity contribution is 6.30. The molecule has 4 nitrogen and oxygen atoms in total. The Bertz CT molecular complexity index is 778. The van der Waals surface area contributed by atoms with Gasteiger partial charge < -0.3 is 10.2 Å². The average Bonchev–Trinajstić information content (AvgIpc) is 2.63. The van der Waals surface area contributed by atoms with Crippen LogP contribution >= 0.6 is 23.2 Å². The zero-order valence-electron chi connectivity index (χ0n) is 15.5. The number of carbonyl (C=O) groups is 2. The monoisotopic (exact) mass is 406 g/mol. The minimum Gasteiger partial charge on any atom is -0.355 e. The van der Waals surface area contributed by atoms with Crippen molar-refractivity contribution in [2.24, 2.45) is 0 Å². The predicted molar refractivity (Wildman–Crippen MR) is 110 cm³/mol. The highest BCUT2D eigenvalue weighted by Crippen LogP contribution is 2.18. The van der Waals surface area contributed by atoms with E-state index < -0.39 is 6.04 Å². The first-order valence-electron chi connectivity index (χ1n) is 9.00. The van der Waals surface area contributed by atoms with E-state index in [1.54, 1.807) is 29.2 Å². The fourth-order valence-corrected chi connectivity index (χ4v) is 3.26. The third-order valence-electron chi connectivity index (χ3n) is 4.25. The molecule has 0 bridgehead atoms. The molecule has 0 fully saturated rings. The van der Waals surface area contributed by atoms with Crippen molar-refractivity contribution in [2.45, 2.75) is 39.3 Å². The van der Waals surface area contributed by atoms with Gasteiger partial charge >= 0.3 is 0 Å². The van der Waals surface area contributed by atoms with E-state index in [-0.39, 0.29) is 18.2 Å². The number of likely N-dealkylation sites (N-methyl/N-ethyl adjacent to an activating group) is 1. The van der Waals surface area contributed by atoms with E-state index in [9.17, 15) is 9.59 Å². The molecule has 144 valence electrons. The maximum absolute atomic E-state index is 13.1. The van der Waals surface area contributed by atoms with Crippen LogP contribution in [0, 0.1) is 0 Å². The van der Waals surface area contributed by atoms with Gasteiger partial charge in [-0.3, -0.25) is 9.59 Å². The predicted octanol–water partition coefficient (Wildman–Crippen LogP) is 4.48. The van der Waals surface area contributed by atoms with Gasteiger partial charge in [0.15, 0.2) is 0 Å². The number of hydrogen-bond acceptors (Lipinski definition) is 2. The third-order valence-corrected chi connectivity index (χ3v) is 4.73. The van der Waals surface area contributed by atoms with Gasteiger partial charge in [0.05, 0.1) is 6.42 Å². The van der Waals surface area contributed by atoms with E-state index in [4.69, 9.17) is 23.2 Å². The molecule has 0 aliphatic carbocycles. The maximum atomic E-state index is 13.1. The first-order chi connectivity index (χ1) is 12.9. The van der Waals surface area contributed by atoms with Gasteiger partial charge in [-0.15, -0.1) is 0 Å². The standard InChI is InChI=1S/C21H24Cl2N2O2/c1-3-19(21(27)24-4-2)25(14-15-8-10-17(22)11-9-15)20(26)13-16-6-5-7-18(23)12-16/h5-12,19H,3-4,13-14H2,1-2H3,(H,24,27). The molecule has 1 atom stereocenters. The molecular formula is C21H24Cl2N2O2. The molecule has 0 spiro atoms. The van der Waals surface area contributed by atoms with Crippen molar-refractivity contribution in [2.75, 3.05) is 6.54 Å². The van der Waals surface area contributed by atoms with Crippen LogP contribution in [0.3, 0.4) is 0 Å². The van der Waals surface area contributed by atoms with Crippen molar-refractivity contribution in [1.82, 2.24) is 10.2 Å². The Morgan fingerprint density at radius 2 is 1.70 bits per heavy atom. The smallest absolute Gasteiger partial charge is 0.242 e. The van der Waals surface area contributed by atoms with Crippen LogP contribution in [0.5, 0.6) is 0 Å². The van der Waals surface area contributed by atoms with E-state index in [2.05, 4.69) is 5.32 Å². The molecule has 0 heterocycles. The van der Waals surface area contributed by atoms with Gasteiger partial charge in [-0.1, -0.05) is 54.4 Å². The number of rotatable bonds is 8. The normalized spacial score (nSPS) is 11.7. The molecule has 0 aliphatic heterocycles. The number of carbonyl (C=O) groups excluding carboxylic acids is 2. The minimum atomic E-state index is -0.535. The summed E-state index contributed by atoms with van der Waals surface area (Å²) in [5.74, 6) is -0.265. The number of amides is 2. The van der Waals surface area contributed by atoms with E-state index in [0.29, 0.717) is 29.6 Å². The lowest BCUT2D eigenvalue weighted by atomic mass is 10.1.